The molecule has 22 heavy (non-hydrogen) atoms. The fraction of sp³-hybridized carbons (Fsp3) is 0.278. The number of hydrazine groups is 1. The van der Waals surface area contributed by atoms with Crippen LogP contribution in [0.25, 0.3) is 0 Å². The third-order valence-electron chi connectivity index (χ3n) is 4.37. The van der Waals surface area contributed by atoms with Crippen LogP contribution in [0.15, 0.2) is 48.5 Å². The van der Waals surface area contributed by atoms with Crippen LogP contribution in [0.1, 0.15) is 30.0 Å². The molecule has 2 amide bonds. The van der Waals surface area contributed by atoms with Gasteiger partial charge in [0.05, 0.1) is 5.69 Å². The Kier molecular flexibility index (Phi) is 3.62. The van der Waals surface area contributed by atoms with Gasteiger partial charge in [-0.25, -0.2) is 9.80 Å². The monoisotopic (exact) mass is 295 g/mol. The summed E-state index contributed by atoms with van der Waals surface area (Å²) < 4.78 is 0. The van der Waals surface area contributed by atoms with Crippen molar-refractivity contribution >= 4 is 11.7 Å². The smallest absolute Gasteiger partial charge is 0.313 e. The van der Waals surface area contributed by atoms with Gasteiger partial charge in [-0.15, -0.1) is 0 Å². The Morgan fingerprint density at radius 2 is 1.77 bits per heavy atom. The van der Waals surface area contributed by atoms with Crippen molar-refractivity contribution in [2.45, 2.75) is 32.9 Å². The average molecular weight is 295 g/mol. The topological polar surface area (TPSA) is 44.4 Å². The highest BCUT2D eigenvalue weighted by Gasteiger charge is 2.42. The van der Waals surface area contributed by atoms with E-state index in [9.17, 15) is 4.79 Å². The Balaban J connectivity index is 1.96. The molecule has 0 spiro atoms. The molecule has 1 saturated heterocycles. The van der Waals surface area contributed by atoms with Crippen molar-refractivity contribution in [3.63, 3.8) is 0 Å². The van der Waals surface area contributed by atoms with E-state index in [1.54, 1.807) is 5.01 Å². The number of anilines is 1. The summed E-state index contributed by atoms with van der Waals surface area (Å²) in [5.74, 6) is 0. The van der Waals surface area contributed by atoms with Gasteiger partial charge in [-0.1, -0.05) is 43.3 Å². The molecule has 1 atom stereocenters. The summed E-state index contributed by atoms with van der Waals surface area (Å²) >= 11 is 0. The first-order valence-corrected chi connectivity index (χ1v) is 7.58. The molecule has 1 aliphatic rings. The zero-order chi connectivity index (χ0) is 15.7. The Morgan fingerprint density at radius 1 is 1.05 bits per heavy atom. The van der Waals surface area contributed by atoms with Crippen molar-refractivity contribution in [2.24, 2.45) is 0 Å². The molecule has 0 radical (unpaired) electrons. The Labute approximate surface area is 131 Å². The van der Waals surface area contributed by atoms with E-state index in [1.807, 2.05) is 48.5 Å². The lowest BCUT2D eigenvalue weighted by Gasteiger charge is -2.28. The van der Waals surface area contributed by atoms with Crippen molar-refractivity contribution in [2.75, 3.05) is 5.01 Å². The fourth-order valence-corrected chi connectivity index (χ4v) is 2.79. The molecule has 2 aromatic carbocycles. The Bertz CT molecular complexity index is 699. The summed E-state index contributed by atoms with van der Waals surface area (Å²) in [5, 5.41) is 4.69. The van der Waals surface area contributed by atoms with Crippen molar-refractivity contribution in [1.82, 2.24) is 10.7 Å². The standard InChI is InChI=1S/C18H21N3O/c1-4-18(15-8-6-5-7-9-15)19-17(22)21(20-18)16-11-10-13(2)14(3)12-16/h5-12,20H,4H2,1-3H3,(H,19,22). The summed E-state index contributed by atoms with van der Waals surface area (Å²) in [5.41, 5.74) is 7.09. The van der Waals surface area contributed by atoms with Gasteiger partial charge in [-0.05, 0) is 49.1 Å². The number of nitrogens with one attached hydrogen (secondary N) is 2. The van der Waals surface area contributed by atoms with Crippen LogP contribution >= 0.6 is 0 Å². The summed E-state index contributed by atoms with van der Waals surface area (Å²) in [6.45, 7) is 6.18. The van der Waals surface area contributed by atoms with Crippen LogP contribution in [0.3, 0.4) is 0 Å². The van der Waals surface area contributed by atoms with Gasteiger partial charge in [-0.2, -0.15) is 5.43 Å². The number of nitrogens with zero attached hydrogens (tertiary/aromatic N) is 1. The van der Waals surface area contributed by atoms with E-state index in [0.29, 0.717) is 0 Å². The minimum atomic E-state index is -0.558. The predicted octanol–water partition coefficient (Wildman–Crippen LogP) is 3.60. The van der Waals surface area contributed by atoms with Crippen LogP contribution in [0.4, 0.5) is 10.5 Å². The van der Waals surface area contributed by atoms with Gasteiger partial charge in [0.2, 0.25) is 0 Å². The number of amides is 2. The Morgan fingerprint density at radius 3 is 2.41 bits per heavy atom. The molecule has 0 bridgehead atoms. The van der Waals surface area contributed by atoms with Crippen LogP contribution < -0.4 is 15.8 Å². The van der Waals surface area contributed by atoms with Crippen LogP contribution in [-0.2, 0) is 5.66 Å². The van der Waals surface area contributed by atoms with E-state index in [4.69, 9.17) is 0 Å². The maximum atomic E-state index is 12.5. The first-order valence-electron chi connectivity index (χ1n) is 7.58. The number of carbonyl (C=O) groups is 1. The van der Waals surface area contributed by atoms with Gasteiger partial charge in [0.1, 0.15) is 5.66 Å². The molecule has 1 aliphatic heterocycles. The van der Waals surface area contributed by atoms with Gasteiger partial charge in [0.15, 0.2) is 0 Å². The lowest BCUT2D eigenvalue weighted by atomic mass is 9.98. The van der Waals surface area contributed by atoms with E-state index in [0.717, 1.165) is 17.7 Å². The normalized spacial score (nSPS) is 21.0. The fourth-order valence-electron chi connectivity index (χ4n) is 2.79. The molecule has 1 unspecified atom stereocenters. The SMILES string of the molecule is CCC1(c2ccccc2)NC(=O)N(c2ccc(C)c(C)c2)N1. The molecule has 0 saturated carbocycles. The maximum absolute atomic E-state index is 12.5. The molecule has 1 heterocycles. The van der Waals surface area contributed by atoms with Crippen LogP contribution in [-0.4, -0.2) is 6.03 Å². The van der Waals surface area contributed by atoms with Crippen LogP contribution in [0.5, 0.6) is 0 Å². The minimum absolute atomic E-state index is 0.131. The summed E-state index contributed by atoms with van der Waals surface area (Å²) in [7, 11) is 0. The highest BCUT2D eigenvalue weighted by atomic mass is 16.2. The second kappa shape index (κ2) is 5.46. The zero-order valence-corrected chi connectivity index (χ0v) is 13.2. The number of rotatable bonds is 3. The molecule has 2 N–H and O–H groups in total. The molecule has 2 aromatic rings. The third kappa shape index (κ3) is 2.35. The molecular formula is C18H21N3O. The molecule has 3 rings (SSSR count). The highest BCUT2D eigenvalue weighted by Crippen LogP contribution is 2.30. The molecule has 4 heteroatoms. The second-order valence-corrected chi connectivity index (χ2v) is 5.77. The minimum Gasteiger partial charge on any atom is -0.313 e. The number of benzene rings is 2. The number of aryl methyl sites for hydroxylation is 2. The molecular weight excluding hydrogens is 274 g/mol. The quantitative estimate of drug-likeness (QED) is 0.908. The summed E-state index contributed by atoms with van der Waals surface area (Å²) in [6.07, 6.45) is 0.754. The van der Waals surface area contributed by atoms with Gasteiger partial charge >= 0.3 is 6.03 Å². The molecule has 1 fully saturated rings. The Hall–Kier alpha value is -2.33. The van der Waals surface area contributed by atoms with Crippen molar-refractivity contribution in [3.05, 3.63) is 65.2 Å². The second-order valence-electron chi connectivity index (χ2n) is 5.77. The van der Waals surface area contributed by atoms with Crippen LogP contribution in [0, 0.1) is 13.8 Å². The maximum Gasteiger partial charge on any atom is 0.338 e. The summed E-state index contributed by atoms with van der Waals surface area (Å²) in [6, 6.07) is 15.9. The summed E-state index contributed by atoms with van der Waals surface area (Å²) in [4.78, 5) is 12.5. The van der Waals surface area contributed by atoms with E-state index in [2.05, 4.69) is 31.5 Å². The lowest BCUT2D eigenvalue weighted by Crippen LogP contribution is -2.47. The van der Waals surface area contributed by atoms with Crippen LogP contribution in [0.2, 0.25) is 0 Å². The van der Waals surface area contributed by atoms with Crippen molar-refractivity contribution < 1.29 is 4.79 Å². The predicted molar refractivity (Wildman–Crippen MR) is 88.5 cm³/mol. The molecule has 114 valence electrons. The van der Waals surface area contributed by atoms with E-state index in [1.165, 1.54) is 11.1 Å². The van der Waals surface area contributed by atoms with Gasteiger partial charge in [0, 0.05) is 0 Å². The lowest BCUT2D eigenvalue weighted by molar-refractivity contribution is 0.245. The molecule has 0 aliphatic carbocycles. The zero-order valence-electron chi connectivity index (χ0n) is 13.2. The van der Waals surface area contributed by atoms with Gasteiger partial charge in [-0.3, -0.25) is 0 Å². The first-order chi connectivity index (χ1) is 10.6. The average Bonchev–Trinajstić information content (AvgIpc) is 2.89. The van der Waals surface area contributed by atoms with E-state index >= 15 is 0 Å². The number of urea groups is 1. The highest BCUT2D eigenvalue weighted by molar-refractivity contribution is 5.94. The van der Waals surface area contributed by atoms with E-state index < -0.39 is 5.66 Å². The number of carbonyl (C=O) groups excluding carboxylic acids is 1. The van der Waals surface area contributed by atoms with Crippen molar-refractivity contribution in [1.29, 1.82) is 0 Å². The van der Waals surface area contributed by atoms with Gasteiger partial charge in [0.25, 0.3) is 0 Å². The van der Waals surface area contributed by atoms with Crippen molar-refractivity contribution in [3.8, 4) is 0 Å². The van der Waals surface area contributed by atoms with Gasteiger partial charge < -0.3 is 5.32 Å². The first kappa shape index (κ1) is 14.6. The van der Waals surface area contributed by atoms with E-state index in [-0.39, 0.29) is 6.03 Å². The number of hydrogen-bond donors (Lipinski definition) is 2. The largest absolute Gasteiger partial charge is 0.338 e. The molecule has 4 nitrogen and oxygen atoms in total. The molecule has 0 aromatic heterocycles. The number of hydrogen-bond acceptors (Lipinski definition) is 2. The third-order valence-corrected chi connectivity index (χ3v) is 4.37.